The molecule has 1 amide bonds. The molecule has 0 radical (unpaired) electrons. The van der Waals surface area contributed by atoms with Gasteiger partial charge in [0.25, 0.3) is 0 Å². The van der Waals surface area contributed by atoms with E-state index >= 15 is 0 Å². The van der Waals surface area contributed by atoms with Crippen molar-refractivity contribution >= 4 is 5.91 Å². The number of carbonyl (C=O) groups is 1. The third-order valence-corrected chi connectivity index (χ3v) is 5.40. The summed E-state index contributed by atoms with van der Waals surface area (Å²) in [4.78, 5) is 13.8. The molecule has 1 aliphatic carbocycles. The number of aliphatic hydroxyl groups excluding tert-OH is 1. The van der Waals surface area contributed by atoms with Crippen molar-refractivity contribution < 1.29 is 9.90 Å². The highest BCUT2D eigenvalue weighted by Gasteiger charge is 2.31. The minimum atomic E-state index is -0.257. The molecule has 2 N–H and O–H groups in total. The summed E-state index contributed by atoms with van der Waals surface area (Å²) in [5, 5.41) is 14.0. The molecule has 1 saturated carbocycles. The van der Waals surface area contributed by atoms with E-state index in [2.05, 4.69) is 19.2 Å². The van der Waals surface area contributed by atoms with Crippen LogP contribution in [0.25, 0.3) is 0 Å². The largest absolute Gasteiger partial charge is 0.393 e. The molecule has 128 valence electrons. The average molecular weight is 310 g/mol. The fourth-order valence-electron chi connectivity index (χ4n) is 3.97. The quantitative estimate of drug-likeness (QED) is 0.820. The molecule has 1 saturated heterocycles. The van der Waals surface area contributed by atoms with Crippen molar-refractivity contribution in [3.63, 3.8) is 0 Å². The van der Waals surface area contributed by atoms with Crippen LogP contribution in [-0.4, -0.2) is 47.2 Å². The first-order valence-electron chi connectivity index (χ1n) is 9.15. The maximum atomic E-state index is 11.8. The van der Waals surface area contributed by atoms with Crippen LogP contribution in [0.15, 0.2) is 0 Å². The lowest BCUT2D eigenvalue weighted by Crippen LogP contribution is -2.53. The average Bonchev–Trinajstić information content (AvgIpc) is 2.47. The van der Waals surface area contributed by atoms with Gasteiger partial charge in [-0.1, -0.05) is 33.1 Å². The molecule has 2 rings (SSSR count). The van der Waals surface area contributed by atoms with Crippen molar-refractivity contribution in [3.8, 4) is 0 Å². The fourth-order valence-corrected chi connectivity index (χ4v) is 3.97. The Bertz CT molecular complexity index is 353. The highest BCUT2D eigenvalue weighted by molar-refractivity contribution is 5.73. The van der Waals surface area contributed by atoms with Gasteiger partial charge in [0, 0.05) is 32.1 Å². The lowest BCUT2D eigenvalue weighted by Gasteiger charge is -2.40. The smallest absolute Gasteiger partial charge is 0.219 e. The molecular formula is C18H34N2O2. The molecular weight excluding hydrogens is 276 g/mol. The van der Waals surface area contributed by atoms with Crippen molar-refractivity contribution in [1.29, 1.82) is 0 Å². The normalized spacial score (nSPS) is 28.9. The summed E-state index contributed by atoms with van der Waals surface area (Å²) in [6.45, 7) is 7.43. The first-order chi connectivity index (χ1) is 10.5. The van der Waals surface area contributed by atoms with Crippen molar-refractivity contribution in [2.75, 3.05) is 13.1 Å². The predicted octanol–water partition coefficient (Wildman–Crippen LogP) is 2.55. The van der Waals surface area contributed by atoms with Gasteiger partial charge in [-0.2, -0.15) is 0 Å². The fraction of sp³-hybridized carbons (Fsp3) is 0.944. The summed E-state index contributed by atoms with van der Waals surface area (Å²) in [5.74, 6) is 0.868. The third kappa shape index (κ3) is 5.24. The third-order valence-electron chi connectivity index (χ3n) is 5.40. The van der Waals surface area contributed by atoms with Crippen molar-refractivity contribution in [3.05, 3.63) is 0 Å². The molecule has 3 unspecified atom stereocenters. The van der Waals surface area contributed by atoms with Crippen LogP contribution in [0.2, 0.25) is 0 Å². The van der Waals surface area contributed by atoms with Crippen LogP contribution in [0, 0.1) is 11.8 Å². The van der Waals surface area contributed by atoms with Crippen LogP contribution in [-0.2, 0) is 4.79 Å². The number of rotatable bonds is 5. The monoisotopic (exact) mass is 310 g/mol. The number of hydrogen-bond acceptors (Lipinski definition) is 3. The Labute approximate surface area is 135 Å². The van der Waals surface area contributed by atoms with E-state index in [1.165, 1.54) is 32.1 Å². The van der Waals surface area contributed by atoms with Crippen molar-refractivity contribution in [2.24, 2.45) is 11.8 Å². The zero-order valence-corrected chi connectivity index (χ0v) is 14.6. The van der Waals surface area contributed by atoms with Crippen molar-refractivity contribution in [2.45, 2.75) is 83.9 Å². The van der Waals surface area contributed by atoms with E-state index < -0.39 is 0 Å². The molecule has 2 fully saturated rings. The lowest BCUT2D eigenvalue weighted by molar-refractivity contribution is -0.131. The molecule has 1 heterocycles. The van der Waals surface area contributed by atoms with Gasteiger partial charge in [-0.25, -0.2) is 0 Å². The standard InChI is InChI=1S/C18H34N2O2/c1-13(2)18(22)10-15-9-17(12-20(11-15)14(3)21)19-16-7-5-4-6-8-16/h13,15-19,22H,4-12H2,1-3H3. The molecule has 0 aromatic rings. The zero-order valence-electron chi connectivity index (χ0n) is 14.6. The number of carbonyl (C=O) groups excluding carboxylic acids is 1. The number of hydrogen-bond donors (Lipinski definition) is 2. The molecule has 4 heteroatoms. The number of aliphatic hydroxyl groups is 1. The molecule has 4 nitrogen and oxygen atoms in total. The second-order valence-electron chi connectivity index (χ2n) is 7.77. The molecule has 22 heavy (non-hydrogen) atoms. The Morgan fingerprint density at radius 1 is 1.18 bits per heavy atom. The summed E-state index contributed by atoms with van der Waals surface area (Å²) >= 11 is 0. The van der Waals surface area contributed by atoms with Gasteiger partial charge < -0.3 is 15.3 Å². The summed E-state index contributed by atoms with van der Waals surface area (Å²) in [6, 6.07) is 1.02. The summed E-state index contributed by atoms with van der Waals surface area (Å²) < 4.78 is 0. The van der Waals surface area contributed by atoms with Gasteiger partial charge in [-0.3, -0.25) is 4.79 Å². The summed E-state index contributed by atoms with van der Waals surface area (Å²) in [5.41, 5.74) is 0. The van der Waals surface area contributed by atoms with Gasteiger partial charge >= 0.3 is 0 Å². The highest BCUT2D eigenvalue weighted by atomic mass is 16.3. The van der Waals surface area contributed by atoms with Gasteiger partial charge in [0.1, 0.15) is 0 Å². The molecule has 2 aliphatic rings. The Hall–Kier alpha value is -0.610. The molecule has 0 spiro atoms. The van der Waals surface area contributed by atoms with Gasteiger partial charge in [0.2, 0.25) is 5.91 Å². The number of nitrogens with zero attached hydrogens (tertiary/aromatic N) is 1. The Kier molecular flexibility index (Phi) is 6.69. The first-order valence-corrected chi connectivity index (χ1v) is 9.15. The number of piperidine rings is 1. The van der Waals surface area contributed by atoms with Crippen LogP contribution in [0.5, 0.6) is 0 Å². The van der Waals surface area contributed by atoms with Crippen LogP contribution >= 0.6 is 0 Å². The summed E-state index contributed by atoms with van der Waals surface area (Å²) in [6.07, 6.45) is 8.21. The van der Waals surface area contributed by atoms with E-state index in [1.54, 1.807) is 6.92 Å². The molecule has 0 bridgehead atoms. The lowest BCUT2D eigenvalue weighted by atomic mass is 9.85. The van der Waals surface area contributed by atoms with E-state index in [9.17, 15) is 9.90 Å². The summed E-state index contributed by atoms with van der Waals surface area (Å²) in [7, 11) is 0. The van der Waals surface area contributed by atoms with Gasteiger partial charge in [-0.15, -0.1) is 0 Å². The number of likely N-dealkylation sites (tertiary alicyclic amines) is 1. The van der Waals surface area contributed by atoms with E-state index in [0.717, 1.165) is 25.9 Å². The maximum Gasteiger partial charge on any atom is 0.219 e. The van der Waals surface area contributed by atoms with Gasteiger partial charge in [-0.05, 0) is 37.5 Å². The Morgan fingerprint density at radius 2 is 1.86 bits per heavy atom. The minimum Gasteiger partial charge on any atom is -0.393 e. The minimum absolute atomic E-state index is 0.166. The predicted molar refractivity (Wildman–Crippen MR) is 89.6 cm³/mol. The second-order valence-corrected chi connectivity index (χ2v) is 7.77. The van der Waals surface area contributed by atoms with Crippen LogP contribution in [0.3, 0.4) is 0 Å². The van der Waals surface area contributed by atoms with E-state index in [-0.39, 0.29) is 17.9 Å². The number of amides is 1. The molecule has 3 atom stereocenters. The van der Waals surface area contributed by atoms with Crippen LogP contribution < -0.4 is 5.32 Å². The molecule has 0 aromatic heterocycles. The first kappa shape index (κ1) is 17.7. The van der Waals surface area contributed by atoms with E-state index in [4.69, 9.17) is 0 Å². The highest BCUT2D eigenvalue weighted by Crippen LogP contribution is 2.26. The van der Waals surface area contributed by atoms with Crippen LogP contribution in [0.1, 0.15) is 65.7 Å². The SMILES string of the molecule is CC(=O)N1CC(CC(O)C(C)C)CC(NC2CCCCC2)C1. The number of nitrogens with one attached hydrogen (secondary N) is 1. The van der Waals surface area contributed by atoms with Crippen LogP contribution in [0.4, 0.5) is 0 Å². The van der Waals surface area contributed by atoms with Gasteiger partial charge in [0.05, 0.1) is 6.10 Å². The van der Waals surface area contributed by atoms with E-state index in [0.29, 0.717) is 18.0 Å². The van der Waals surface area contributed by atoms with Gasteiger partial charge in [0.15, 0.2) is 0 Å². The molecule has 0 aromatic carbocycles. The maximum absolute atomic E-state index is 11.8. The van der Waals surface area contributed by atoms with E-state index in [1.807, 2.05) is 4.90 Å². The zero-order chi connectivity index (χ0) is 16.1. The van der Waals surface area contributed by atoms with Crippen molar-refractivity contribution in [1.82, 2.24) is 10.2 Å². The second kappa shape index (κ2) is 8.30. The molecule has 1 aliphatic heterocycles. The Balaban J connectivity index is 1.92. The topological polar surface area (TPSA) is 52.6 Å². The Morgan fingerprint density at radius 3 is 2.45 bits per heavy atom.